The van der Waals surface area contributed by atoms with E-state index >= 15 is 0 Å². The van der Waals surface area contributed by atoms with Gasteiger partial charge in [-0.15, -0.1) is 0 Å². The molecular formula is C26H33N5O3. The molecule has 0 bridgehead atoms. The lowest BCUT2D eigenvalue weighted by molar-refractivity contribution is -0.124. The molecule has 2 aromatic rings. The highest BCUT2D eigenvalue weighted by molar-refractivity contribution is 6.07. The average molecular weight is 464 g/mol. The van der Waals surface area contributed by atoms with Crippen molar-refractivity contribution in [2.24, 2.45) is 0 Å². The molecule has 4 amide bonds. The number of carbonyl (C=O) groups excluding carboxylic acids is 3. The van der Waals surface area contributed by atoms with Crippen LogP contribution in [0.4, 0.5) is 10.6 Å². The van der Waals surface area contributed by atoms with Crippen LogP contribution >= 0.6 is 0 Å². The molecule has 8 heteroatoms. The molecular weight excluding hydrogens is 430 g/mol. The SMILES string of the molecule is CCCCC1(c2ccc(C(=O)N3CCN(c4nc(C)c(C)cc4C)CC3)cc2)NC(=O)NC1=O. The van der Waals surface area contributed by atoms with Crippen LogP contribution in [0.15, 0.2) is 30.3 Å². The van der Waals surface area contributed by atoms with Crippen LogP contribution in [0.2, 0.25) is 0 Å². The smallest absolute Gasteiger partial charge is 0.322 e. The highest BCUT2D eigenvalue weighted by atomic mass is 16.2. The quantitative estimate of drug-likeness (QED) is 0.642. The Morgan fingerprint density at radius 3 is 2.29 bits per heavy atom. The minimum absolute atomic E-state index is 0.0292. The fourth-order valence-electron chi connectivity index (χ4n) is 4.81. The number of piperazine rings is 1. The first-order valence-corrected chi connectivity index (χ1v) is 12.0. The second-order valence-corrected chi connectivity index (χ2v) is 9.30. The summed E-state index contributed by atoms with van der Waals surface area (Å²) in [6.07, 6.45) is 2.22. The molecule has 0 saturated carbocycles. The number of aryl methyl sites for hydroxylation is 3. The lowest BCUT2D eigenvalue weighted by Crippen LogP contribution is -2.49. The maximum Gasteiger partial charge on any atom is 0.322 e. The van der Waals surface area contributed by atoms with Crippen LogP contribution in [0, 0.1) is 20.8 Å². The van der Waals surface area contributed by atoms with Gasteiger partial charge in [0, 0.05) is 37.4 Å². The number of hydrogen-bond acceptors (Lipinski definition) is 5. The van der Waals surface area contributed by atoms with E-state index in [4.69, 9.17) is 4.98 Å². The highest BCUT2D eigenvalue weighted by Gasteiger charge is 2.47. The van der Waals surface area contributed by atoms with Crippen molar-refractivity contribution in [3.63, 3.8) is 0 Å². The predicted molar refractivity (Wildman–Crippen MR) is 131 cm³/mol. The molecule has 1 aromatic carbocycles. The van der Waals surface area contributed by atoms with E-state index in [2.05, 4.69) is 35.4 Å². The Labute approximate surface area is 200 Å². The Bertz CT molecular complexity index is 1110. The maximum atomic E-state index is 13.2. The van der Waals surface area contributed by atoms with Gasteiger partial charge in [0.1, 0.15) is 11.4 Å². The number of nitrogens with zero attached hydrogens (tertiary/aromatic N) is 3. The number of carbonyl (C=O) groups is 3. The van der Waals surface area contributed by atoms with Crippen molar-refractivity contribution in [2.75, 3.05) is 31.1 Å². The monoisotopic (exact) mass is 463 g/mol. The molecule has 1 atom stereocenters. The van der Waals surface area contributed by atoms with E-state index in [1.54, 1.807) is 24.3 Å². The van der Waals surface area contributed by atoms with Gasteiger partial charge in [-0.1, -0.05) is 38.0 Å². The van der Waals surface area contributed by atoms with Crippen molar-refractivity contribution in [1.82, 2.24) is 20.5 Å². The summed E-state index contributed by atoms with van der Waals surface area (Å²) in [4.78, 5) is 46.5. The Hall–Kier alpha value is -3.42. The molecule has 0 radical (unpaired) electrons. The molecule has 2 saturated heterocycles. The van der Waals surface area contributed by atoms with Gasteiger partial charge >= 0.3 is 6.03 Å². The number of aromatic nitrogens is 1. The summed E-state index contributed by atoms with van der Waals surface area (Å²) in [5, 5.41) is 5.16. The number of urea groups is 1. The zero-order valence-corrected chi connectivity index (χ0v) is 20.4. The third-order valence-electron chi connectivity index (χ3n) is 6.97. The largest absolute Gasteiger partial charge is 0.353 e. The topological polar surface area (TPSA) is 94.6 Å². The molecule has 34 heavy (non-hydrogen) atoms. The number of unbranched alkanes of at least 4 members (excludes halogenated alkanes) is 1. The van der Waals surface area contributed by atoms with Crippen molar-refractivity contribution in [3.05, 3.63) is 58.3 Å². The first-order chi connectivity index (χ1) is 16.2. The fourth-order valence-corrected chi connectivity index (χ4v) is 4.81. The number of benzene rings is 1. The van der Waals surface area contributed by atoms with Crippen LogP contribution in [0.1, 0.15) is 58.9 Å². The van der Waals surface area contributed by atoms with Gasteiger partial charge in [0.05, 0.1) is 0 Å². The molecule has 0 aliphatic carbocycles. The van der Waals surface area contributed by atoms with Crippen molar-refractivity contribution >= 4 is 23.7 Å². The van der Waals surface area contributed by atoms with Gasteiger partial charge in [-0.3, -0.25) is 14.9 Å². The van der Waals surface area contributed by atoms with E-state index in [0.717, 1.165) is 43.0 Å². The summed E-state index contributed by atoms with van der Waals surface area (Å²) < 4.78 is 0. The van der Waals surface area contributed by atoms with Gasteiger partial charge in [-0.05, 0) is 56.0 Å². The number of imide groups is 1. The molecule has 2 fully saturated rings. The molecule has 180 valence electrons. The Morgan fingerprint density at radius 2 is 1.71 bits per heavy atom. The summed E-state index contributed by atoms with van der Waals surface area (Å²) in [6.45, 7) is 10.9. The van der Waals surface area contributed by atoms with Crippen molar-refractivity contribution in [3.8, 4) is 0 Å². The van der Waals surface area contributed by atoms with Gasteiger partial charge < -0.3 is 15.1 Å². The Balaban J connectivity index is 1.45. The zero-order valence-electron chi connectivity index (χ0n) is 20.4. The van der Waals surface area contributed by atoms with E-state index in [1.165, 1.54) is 5.56 Å². The zero-order chi connectivity index (χ0) is 24.5. The van der Waals surface area contributed by atoms with Crippen LogP contribution in [0.3, 0.4) is 0 Å². The highest BCUT2D eigenvalue weighted by Crippen LogP contribution is 2.31. The van der Waals surface area contributed by atoms with Crippen LogP contribution in [0.25, 0.3) is 0 Å². The molecule has 2 aliphatic heterocycles. The molecule has 0 spiro atoms. The van der Waals surface area contributed by atoms with Gasteiger partial charge in [-0.25, -0.2) is 9.78 Å². The first kappa shape index (κ1) is 23.7. The molecule has 2 aliphatic rings. The number of rotatable bonds is 6. The Kier molecular flexibility index (Phi) is 6.59. The van der Waals surface area contributed by atoms with E-state index in [9.17, 15) is 14.4 Å². The second-order valence-electron chi connectivity index (χ2n) is 9.30. The number of amides is 4. The fraction of sp³-hybridized carbons (Fsp3) is 0.462. The van der Waals surface area contributed by atoms with Crippen LogP contribution in [0.5, 0.6) is 0 Å². The van der Waals surface area contributed by atoms with Crippen molar-refractivity contribution in [2.45, 2.75) is 52.5 Å². The molecule has 3 heterocycles. The van der Waals surface area contributed by atoms with Gasteiger partial charge in [0.2, 0.25) is 0 Å². The third kappa shape index (κ3) is 4.36. The van der Waals surface area contributed by atoms with Crippen LogP contribution in [-0.4, -0.2) is 53.9 Å². The number of nitrogens with one attached hydrogen (secondary N) is 2. The van der Waals surface area contributed by atoms with E-state index in [0.29, 0.717) is 30.6 Å². The molecule has 8 nitrogen and oxygen atoms in total. The second kappa shape index (κ2) is 9.44. The van der Waals surface area contributed by atoms with E-state index < -0.39 is 11.6 Å². The molecule has 4 rings (SSSR count). The normalized spacial score (nSPS) is 20.4. The summed E-state index contributed by atoms with van der Waals surface area (Å²) in [5.41, 5.74) is 3.57. The van der Waals surface area contributed by atoms with Crippen molar-refractivity contribution < 1.29 is 14.4 Å². The van der Waals surface area contributed by atoms with Gasteiger partial charge in [-0.2, -0.15) is 0 Å². The lowest BCUT2D eigenvalue weighted by Gasteiger charge is -2.36. The minimum Gasteiger partial charge on any atom is -0.353 e. The van der Waals surface area contributed by atoms with Crippen molar-refractivity contribution in [1.29, 1.82) is 0 Å². The van der Waals surface area contributed by atoms with Gasteiger partial charge in [0.25, 0.3) is 11.8 Å². The van der Waals surface area contributed by atoms with E-state index in [-0.39, 0.29) is 11.8 Å². The number of hydrogen-bond donors (Lipinski definition) is 2. The predicted octanol–water partition coefficient (Wildman–Crippen LogP) is 3.19. The minimum atomic E-state index is -1.07. The number of anilines is 1. The average Bonchev–Trinajstić information content (AvgIpc) is 3.13. The molecule has 2 N–H and O–H groups in total. The lowest BCUT2D eigenvalue weighted by atomic mass is 9.84. The summed E-state index contributed by atoms with van der Waals surface area (Å²) in [5.74, 6) is 0.628. The van der Waals surface area contributed by atoms with Gasteiger partial charge in [0.15, 0.2) is 0 Å². The van der Waals surface area contributed by atoms with Crippen LogP contribution in [-0.2, 0) is 10.3 Å². The summed E-state index contributed by atoms with van der Waals surface area (Å²) in [6, 6.07) is 8.76. The Morgan fingerprint density at radius 1 is 1.03 bits per heavy atom. The summed E-state index contributed by atoms with van der Waals surface area (Å²) in [7, 11) is 0. The first-order valence-electron chi connectivity index (χ1n) is 12.0. The third-order valence-corrected chi connectivity index (χ3v) is 6.97. The number of pyridine rings is 1. The maximum absolute atomic E-state index is 13.2. The molecule has 1 unspecified atom stereocenters. The standard InChI is InChI=1S/C26H33N5O3/c1-5-6-11-26(24(33)28-25(34)29-26)21-9-7-20(8-10-21)23(32)31-14-12-30(13-15-31)22-18(3)16-17(2)19(4)27-22/h7-10,16H,5-6,11-15H2,1-4H3,(H2,28,29,33,34). The van der Waals surface area contributed by atoms with E-state index in [1.807, 2.05) is 18.7 Å². The van der Waals surface area contributed by atoms with Crippen LogP contribution < -0.4 is 15.5 Å². The molecule has 1 aromatic heterocycles. The summed E-state index contributed by atoms with van der Waals surface area (Å²) >= 11 is 0.